The average Bonchev–Trinajstić information content (AvgIpc) is 3.40. The molecule has 4 aliphatic carbocycles. The van der Waals surface area contributed by atoms with Crippen LogP contribution in [0.5, 0.6) is 0 Å². The van der Waals surface area contributed by atoms with Gasteiger partial charge in [0.15, 0.2) is 23.3 Å². The van der Waals surface area contributed by atoms with Crippen molar-refractivity contribution in [2.45, 2.75) is 235 Å². The minimum Gasteiger partial charge on any atom is -0.203 e. The molecule has 0 aliphatic heterocycles. The predicted octanol–water partition coefficient (Wildman–Crippen LogP) is 22.3. The Morgan fingerprint density at radius 1 is 0.473 bits per heavy atom. The summed E-state index contributed by atoms with van der Waals surface area (Å²) in [5.41, 5.74) is 10.6. The lowest BCUT2D eigenvalue weighted by atomic mass is 9.68. The normalized spacial score (nSPS) is 25.4. The molecule has 8 rings (SSSR count). The van der Waals surface area contributed by atoms with Gasteiger partial charge in [0.05, 0.1) is 0 Å². The Labute approximate surface area is 448 Å². The van der Waals surface area contributed by atoms with Crippen LogP contribution in [0.2, 0.25) is 0 Å². The molecule has 0 radical (unpaired) electrons. The molecule has 2 unspecified atom stereocenters. The van der Waals surface area contributed by atoms with E-state index in [9.17, 15) is 0 Å². The minimum atomic E-state index is -0.685. The van der Waals surface area contributed by atoms with Crippen LogP contribution in [-0.2, 0) is 6.42 Å². The van der Waals surface area contributed by atoms with E-state index in [4.69, 9.17) is 0 Å². The van der Waals surface area contributed by atoms with Gasteiger partial charge in [-0.3, -0.25) is 0 Å². The predicted molar refractivity (Wildman–Crippen MR) is 309 cm³/mol. The lowest BCUT2D eigenvalue weighted by Gasteiger charge is -2.38. The van der Waals surface area contributed by atoms with E-state index in [2.05, 4.69) is 93.5 Å². The molecule has 4 aliphatic rings. The highest BCUT2D eigenvalue weighted by Crippen LogP contribution is 2.48. The van der Waals surface area contributed by atoms with Gasteiger partial charge in [-0.1, -0.05) is 166 Å². The molecular formula is C70H98F4. The number of hydrogen-bond donors (Lipinski definition) is 0. The average molecular weight is 1020 g/mol. The molecule has 4 saturated carbocycles. The third-order valence-corrected chi connectivity index (χ3v) is 19.9. The summed E-state index contributed by atoms with van der Waals surface area (Å²) in [7, 11) is 0. The van der Waals surface area contributed by atoms with E-state index < -0.39 is 23.3 Å². The molecule has 4 heteroatoms. The van der Waals surface area contributed by atoms with Crippen molar-refractivity contribution in [1.82, 2.24) is 0 Å². The Morgan fingerprint density at radius 3 is 1.22 bits per heavy atom. The summed E-state index contributed by atoms with van der Waals surface area (Å²) in [6, 6.07) is 15.5. The van der Waals surface area contributed by atoms with Gasteiger partial charge >= 0.3 is 0 Å². The molecule has 4 aromatic rings. The van der Waals surface area contributed by atoms with Gasteiger partial charge in [-0.25, -0.2) is 17.6 Å². The van der Waals surface area contributed by atoms with E-state index in [1.54, 1.807) is 0 Å². The number of rotatable bonds is 17. The fourth-order valence-corrected chi connectivity index (χ4v) is 14.6. The standard InChI is InChI=1S/C35H50F2.C35H48F2/c2*1-6-8-26-10-12-27(13-11-26)28-14-16-29(17-15-28)32-19-20-33(35(37)34(32)36)30-21-24(4)31(25(5)22-30)18-9-23(3)7-2/h19-23,26-29H,6-18H2,1-5H3;9,18-23,26-29H,6-8,10-17H2,1-5H3/b;18-9+. The van der Waals surface area contributed by atoms with Crippen molar-refractivity contribution in [3.05, 3.63) is 122 Å². The van der Waals surface area contributed by atoms with Crippen molar-refractivity contribution in [1.29, 1.82) is 0 Å². The molecule has 0 saturated heterocycles. The van der Waals surface area contributed by atoms with Crippen molar-refractivity contribution >= 4 is 6.08 Å². The first kappa shape index (κ1) is 58.0. The van der Waals surface area contributed by atoms with Crippen LogP contribution in [0.15, 0.2) is 54.6 Å². The molecule has 2 atom stereocenters. The summed E-state index contributed by atoms with van der Waals surface area (Å²) in [6.45, 7) is 21.9. The van der Waals surface area contributed by atoms with Crippen LogP contribution in [0.3, 0.4) is 0 Å². The Morgan fingerprint density at radius 2 is 0.851 bits per heavy atom. The molecule has 0 bridgehead atoms. The van der Waals surface area contributed by atoms with Gasteiger partial charge in [0.1, 0.15) is 0 Å². The zero-order valence-corrected chi connectivity index (χ0v) is 48.0. The Balaban J connectivity index is 0.000000216. The molecule has 0 nitrogen and oxygen atoms in total. The zero-order valence-electron chi connectivity index (χ0n) is 48.0. The van der Waals surface area contributed by atoms with Gasteiger partial charge in [0, 0.05) is 11.1 Å². The van der Waals surface area contributed by atoms with Crippen LogP contribution < -0.4 is 0 Å². The number of hydrogen-bond acceptors (Lipinski definition) is 0. The number of aryl methyl sites for hydroxylation is 4. The maximum absolute atomic E-state index is 15.5. The first-order valence-electron chi connectivity index (χ1n) is 30.5. The van der Waals surface area contributed by atoms with Crippen LogP contribution in [0.25, 0.3) is 28.3 Å². The van der Waals surface area contributed by atoms with E-state index in [-0.39, 0.29) is 11.8 Å². The van der Waals surface area contributed by atoms with E-state index in [0.29, 0.717) is 34.1 Å². The fourth-order valence-electron chi connectivity index (χ4n) is 14.6. The topological polar surface area (TPSA) is 0 Å². The van der Waals surface area contributed by atoms with Crippen LogP contribution >= 0.6 is 0 Å². The Hall–Kier alpha value is -3.66. The van der Waals surface area contributed by atoms with Crippen LogP contribution in [0.4, 0.5) is 17.6 Å². The Bertz CT molecular complexity index is 2380. The quantitative estimate of drug-likeness (QED) is 0.0925. The summed E-state index contributed by atoms with van der Waals surface area (Å²) in [4.78, 5) is 0. The largest absolute Gasteiger partial charge is 0.203 e. The van der Waals surface area contributed by atoms with Gasteiger partial charge in [-0.15, -0.1) is 0 Å². The number of benzene rings is 4. The van der Waals surface area contributed by atoms with Crippen LogP contribution in [0, 0.1) is 98.3 Å². The van der Waals surface area contributed by atoms with Gasteiger partial charge in [-0.05, 0) is 232 Å². The van der Waals surface area contributed by atoms with Gasteiger partial charge in [0.25, 0.3) is 0 Å². The van der Waals surface area contributed by atoms with Gasteiger partial charge < -0.3 is 0 Å². The lowest BCUT2D eigenvalue weighted by Crippen LogP contribution is -2.25. The lowest BCUT2D eigenvalue weighted by molar-refractivity contribution is 0.156. The molecule has 4 aromatic carbocycles. The van der Waals surface area contributed by atoms with Crippen molar-refractivity contribution in [3.63, 3.8) is 0 Å². The maximum Gasteiger partial charge on any atom is 0.166 e. The number of allylic oxidation sites excluding steroid dienone is 1. The van der Waals surface area contributed by atoms with E-state index >= 15 is 17.6 Å². The highest BCUT2D eigenvalue weighted by Gasteiger charge is 2.34. The van der Waals surface area contributed by atoms with Gasteiger partial charge in [-0.2, -0.15) is 0 Å². The number of halogens is 4. The second kappa shape index (κ2) is 27.6. The van der Waals surface area contributed by atoms with Crippen molar-refractivity contribution in [2.75, 3.05) is 0 Å². The summed E-state index contributed by atoms with van der Waals surface area (Å²) in [5, 5.41) is 0. The van der Waals surface area contributed by atoms with Gasteiger partial charge in [0.2, 0.25) is 0 Å². The van der Waals surface area contributed by atoms with E-state index in [1.807, 2.05) is 36.4 Å². The second-order valence-electron chi connectivity index (χ2n) is 24.9. The fraction of sp³-hybridized carbons (Fsp3) is 0.629. The minimum absolute atomic E-state index is 0.146. The molecule has 0 amide bonds. The third kappa shape index (κ3) is 14.5. The van der Waals surface area contributed by atoms with Crippen molar-refractivity contribution in [2.24, 2.45) is 47.3 Å². The molecule has 0 spiro atoms. The van der Waals surface area contributed by atoms with E-state index in [0.717, 1.165) is 103 Å². The zero-order chi connectivity index (χ0) is 53.1. The first-order chi connectivity index (χ1) is 35.6. The molecule has 0 N–H and O–H groups in total. The van der Waals surface area contributed by atoms with Crippen LogP contribution in [-0.4, -0.2) is 0 Å². The molecular weight excluding hydrogens is 917 g/mol. The summed E-state index contributed by atoms with van der Waals surface area (Å²) >= 11 is 0. The molecule has 406 valence electrons. The second-order valence-corrected chi connectivity index (χ2v) is 24.9. The third-order valence-electron chi connectivity index (χ3n) is 19.9. The van der Waals surface area contributed by atoms with Crippen LogP contribution in [0.1, 0.15) is 246 Å². The first-order valence-corrected chi connectivity index (χ1v) is 30.5. The van der Waals surface area contributed by atoms with E-state index in [1.165, 1.54) is 131 Å². The van der Waals surface area contributed by atoms with Crippen molar-refractivity contribution in [3.8, 4) is 22.3 Å². The van der Waals surface area contributed by atoms with Crippen molar-refractivity contribution < 1.29 is 17.6 Å². The Kier molecular flexibility index (Phi) is 21.6. The highest BCUT2D eigenvalue weighted by molar-refractivity contribution is 5.71. The SMILES string of the molecule is CCCC1CCC(C2CCC(c3ccc(-c4cc(C)c(/C=C/C(C)CC)c(C)c4)c(F)c3F)CC2)CC1.CCCC1CCC(C2CCC(c3ccc(-c4cc(C)c(CCC(C)CC)c(C)c4)c(F)c3F)CC2)CC1. The molecule has 74 heavy (non-hydrogen) atoms. The monoisotopic (exact) mass is 1010 g/mol. The smallest absolute Gasteiger partial charge is 0.166 e. The summed E-state index contributed by atoms with van der Waals surface area (Å²) in [6.07, 6.45) is 34.1. The highest BCUT2D eigenvalue weighted by atomic mass is 19.2. The maximum atomic E-state index is 15.5. The molecule has 4 fully saturated rings. The molecule has 0 aromatic heterocycles. The molecule has 0 heterocycles. The summed E-state index contributed by atoms with van der Waals surface area (Å²) in [5.74, 6) is 4.10. The summed E-state index contributed by atoms with van der Waals surface area (Å²) < 4.78 is 61.8.